The molecule has 4 heteroatoms. The highest BCUT2D eigenvalue weighted by Gasteiger charge is 2.35. The van der Waals surface area contributed by atoms with Gasteiger partial charge in [0.2, 0.25) is 0 Å². The van der Waals surface area contributed by atoms with Crippen LogP contribution in [0, 0.1) is 19.8 Å². The summed E-state index contributed by atoms with van der Waals surface area (Å²) in [6.45, 7) is 5.95. The summed E-state index contributed by atoms with van der Waals surface area (Å²) < 4.78 is 0. The highest BCUT2D eigenvalue weighted by atomic mass is 32.1. The first kappa shape index (κ1) is 17.1. The van der Waals surface area contributed by atoms with E-state index in [1.54, 1.807) is 0 Å². The molecule has 2 aliphatic heterocycles. The Balaban J connectivity index is 1.69. The number of hydrogen-bond donors (Lipinski definition) is 2. The van der Waals surface area contributed by atoms with Crippen molar-refractivity contribution in [2.75, 3.05) is 13.1 Å². The molecule has 2 aromatic rings. The Bertz CT molecular complexity index is 879. The Morgan fingerprint density at radius 3 is 2.35 bits per heavy atom. The number of piperidine rings is 1. The molecular weight excluding hydrogens is 338 g/mol. The summed E-state index contributed by atoms with van der Waals surface area (Å²) in [7, 11) is 0. The quantitative estimate of drug-likeness (QED) is 0.795. The maximum atomic E-state index is 5.47. The van der Waals surface area contributed by atoms with Crippen LogP contribution in [-0.4, -0.2) is 23.9 Å². The van der Waals surface area contributed by atoms with Crippen LogP contribution in [0.3, 0.4) is 0 Å². The minimum Gasteiger partial charge on any atom is -0.353 e. The first-order valence-corrected chi connectivity index (χ1v) is 9.45. The molecule has 2 heterocycles. The fraction of sp³-hybridized carbons (Fsp3) is 0.273. The maximum absolute atomic E-state index is 5.47. The third-order valence-electron chi connectivity index (χ3n) is 5.12. The van der Waals surface area contributed by atoms with Crippen LogP contribution in [0.25, 0.3) is 6.08 Å². The Morgan fingerprint density at radius 1 is 1.00 bits per heavy atom. The lowest BCUT2D eigenvalue weighted by atomic mass is 9.81. The van der Waals surface area contributed by atoms with Crippen molar-refractivity contribution >= 4 is 29.1 Å². The zero-order valence-corrected chi connectivity index (χ0v) is 15.9. The lowest BCUT2D eigenvalue weighted by Crippen LogP contribution is -2.50. The largest absolute Gasteiger partial charge is 0.353 e. The second-order valence-electron chi connectivity index (χ2n) is 7.15. The number of aliphatic imine (C=N–C) groups is 1. The monoisotopic (exact) mass is 361 g/mol. The van der Waals surface area contributed by atoms with Crippen molar-refractivity contribution in [2.24, 2.45) is 10.9 Å². The van der Waals surface area contributed by atoms with Gasteiger partial charge in [-0.3, -0.25) is 0 Å². The number of nitrogens with zero attached hydrogens (tertiary/aromatic N) is 1. The van der Waals surface area contributed by atoms with E-state index in [2.05, 4.69) is 79.1 Å². The second kappa shape index (κ2) is 7.14. The van der Waals surface area contributed by atoms with Crippen molar-refractivity contribution < 1.29 is 0 Å². The molecule has 3 nitrogen and oxygen atoms in total. The van der Waals surface area contributed by atoms with Crippen LogP contribution < -0.4 is 10.6 Å². The van der Waals surface area contributed by atoms with Crippen molar-refractivity contribution in [3.05, 3.63) is 76.4 Å². The first-order valence-electron chi connectivity index (χ1n) is 9.04. The number of aryl methyl sites for hydroxylation is 2. The molecule has 0 bridgehead atoms. The molecule has 132 valence electrons. The second-order valence-corrected chi connectivity index (χ2v) is 7.54. The van der Waals surface area contributed by atoms with Crippen molar-refractivity contribution in [1.29, 1.82) is 0 Å². The molecule has 2 aromatic carbocycles. The summed E-state index contributed by atoms with van der Waals surface area (Å²) in [5.74, 6) is 0.273. The van der Waals surface area contributed by atoms with E-state index in [9.17, 15) is 0 Å². The molecule has 0 aliphatic carbocycles. The predicted molar refractivity (Wildman–Crippen MR) is 113 cm³/mol. The smallest absolute Gasteiger partial charge is 0.193 e. The standard InChI is InChI=1S/C22H23N3S/c1-14-3-7-16(8-4-14)11-18-12-23-13-19-20(24-22(26)25-21(18)19)17-9-5-15(2)6-10-17/h3-11,19-20,23H,12-13H2,1-2H3,(H,24,26)/b18-11+. The third-order valence-corrected chi connectivity index (χ3v) is 5.33. The molecule has 0 aromatic heterocycles. The van der Waals surface area contributed by atoms with Crippen LogP contribution in [0.5, 0.6) is 0 Å². The SMILES string of the molecule is Cc1ccc(/C=C2\CNCC3C2=NC(=S)NC3c2ccc(C)cc2)cc1. The Hall–Kier alpha value is -2.30. The van der Waals surface area contributed by atoms with Gasteiger partial charge in [-0.15, -0.1) is 0 Å². The van der Waals surface area contributed by atoms with Gasteiger partial charge in [-0.25, -0.2) is 4.99 Å². The molecule has 2 unspecified atom stereocenters. The zero-order valence-electron chi connectivity index (χ0n) is 15.1. The van der Waals surface area contributed by atoms with E-state index < -0.39 is 0 Å². The van der Waals surface area contributed by atoms with Gasteiger partial charge in [-0.2, -0.15) is 0 Å². The highest BCUT2D eigenvalue weighted by molar-refractivity contribution is 7.80. The normalized spacial score (nSPS) is 24.0. The van der Waals surface area contributed by atoms with Crippen LogP contribution in [0.1, 0.15) is 28.3 Å². The van der Waals surface area contributed by atoms with Crippen molar-refractivity contribution in [1.82, 2.24) is 10.6 Å². The fourth-order valence-electron chi connectivity index (χ4n) is 3.67. The van der Waals surface area contributed by atoms with Crippen LogP contribution in [0.15, 0.2) is 59.1 Å². The number of hydrogen-bond acceptors (Lipinski definition) is 2. The summed E-state index contributed by atoms with van der Waals surface area (Å²) in [6, 6.07) is 17.5. The van der Waals surface area contributed by atoms with Crippen molar-refractivity contribution in [3.8, 4) is 0 Å². The lowest BCUT2D eigenvalue weighted by molar-refractivity contribution is 0.455. The van der Waals surface area contributed by atoms with E-state index in [4.69, 9.17) is 17.2 Å². The fourth-order valence-corrected chi connectivity index (χ4v) is 3.90. The predicted octanol–water partition coefficient (Wildman–Crippen LogP) is 3.98. The maximum Gasteiger partial charge on any atom is 0.193 e. The van der Waals surface area contributed by atoms with Crippen LogP contribution in [0.4, 0.5) is 0 Å². The van der Waals surface area contributed by atoms with Gasteiger partial charge in [-0.1, -0.05) is 59.7 Å². The van der Waals surface area contributed by atoms with Crippen LogP contribution in [0.2, 0.25) is 0 Å². The topological polar surface area (TPSA) is 36.4 Å². The van der Waals surface area contributed by atoms with Gasteiger partial charge >= 0.3 is 0 Å². The summed E-state index contributed by atoms with van der Waals surface area (Å²) >= 11 is 5.47. The van der Waals surface area contributed by atoms with E-state index in [-0.39, 0.29) is 12.0 Å². The first-order chi connectivity index (χ1) is 12.6. The minimum atomic E-state index is 0.157. The van der Waals surface area contributed by atoms with Gasteiger partial charge in [0.25, 0.3) is 0 Å². The molecule has 1 saturated heterocycles. The van der Waals surface area contributed by atoms with Gasteiger partial charge in [0.15, 0.2) is 5.11 Å². The van der Waals surface area contributed by atoms with Gasteiger partial charge in [0.1, 0.15) is 0 Å². The lowest BCUT2D eigenvalue weighted by Gasteiger charge is -2.38. The summed E-state index contributed by atoms with van der Waals surface area (Å²) in [4.78, 5) is 4.72. The minimum absolute atomic E-state index is 0.157. The van der Waals surface area contributed by atoms with Gasteiger partial charge in [0.05, 0.1) is 11.8 Å². The number of fused-ring (bicyclic) bond motifs is 1. The molecule has 2 aliphatic rings. The number of thiocarbonyl (C=S) groups is 1. The Kier molecular flexibility index (Phi) is 4.70. The average molecular weight is 362 g/mol. The van der Waals surface area contributed by atoms with Crippen molar-refractivity contribution in [3.63, 3.8) is 0 Å². The molecule has 1 fully saturated rings. The molecule has 4 rings (SSSR count). The number of rotatable bonds is 2. The van der Waals surface area contributed by atoms with E-state index in [0.717, 1.165) is 18.8 Å². The molecule has 2 atom stereocenters. The molecule has 0 radical (unpaired) electrons. The summed E-state index contributed by atoms with van der Waals surface area (Å²) in [5.41, 5.74) is 7.35. The van der Waals surface area contributed by atoms with Crippen LogP contribution in [-0.2, 0) is 0 Å². The van der Waals surface area contributed by atoms with E-state index in [1.165, 1.54) is 27.8 Å². The summed E-state index contributed by atoms with van der Waals surface area (Å²) in [6.07, 6.45) is 2.23. The molecule has 2 N–H and O–H groups in total. The Labute approximate surface area is 160 Å². The van der Waals surface area contributed by atoms with Crippen LogP contribution >= 0.6 is 12.2 Å². The van der Waals surface area contributed by atoms with Gasteiger partial charge in [-0.05, 0) is 48.8 Å². The molecule has 0 saturated carbocycles. The van der Waals surface area contributed by atoms with E-state index in [1.807, 2.05) is 0 Å². The Morgan fingerprint density at radius 2 is 1.65 bits per heavy atom. The molecule has 0 amide bonds. The highest BCUT2D eigenvalue weighted by Crippen LogP contribution is 2.31. The number of benzene rings is 2. The third kappa shape index (κ3) is 3.48. The summed E-state index contributed by atoms with van der Waals surface area (Å²) in [5, 5.41) is 7.56. The molecule has 26 heavy (non-hydrogen) atoms. The van der Waals surface area contributed by atoms with Gasteiger partial charge in [0, 0.05) is 19.0 Å². The zero-order chi connectivity index (χ0) is 18.1. The van der Waals surface area contributed by atoms with Crippen molar-refractivity contribution in [2.45, 2.75) is 19.9 Å². The number of nitrogens with one attached hydrogen (secondary N) is 2. The average Bonchev–Trinajstić information content (AvgIpc) is 2.64. The molecule has 0 spiro atoms. The van der Waals surface area contributed by atoms with E-state index >= 15 is 0 Å². The molecular formula is C22H23N3S. The van der Waals surface area contributed by atoms with E-state index in [0.29, 0.717) is 5.11 Å². The van der Waals surface area contributed by atoms with Gasteiger partial charge < -0.3 is 10.6 Å².